The minimum absolute atomic E-state index is 0.158. The van der Waals surface area contributed by atoms with Crippen LogP contribution in [0.15, 0.2) is 36.4 Å². The number of aromatic nitrogens is 1. The van der Waals surface area contributed by atoms with Crippen molar-refractivity contribution >= 4 is 23.9 Å². The second-order valence-corrected chi connectivity index (χ2v) is 8.22. The van der Waals surface area contributed by atoms with Crippen LogP contribution in [0.3, 0.4) is 0 Å². The van der Waals surface area contributed by atoms with Gasteiger partial charge in [0.25, 0.3) is 0 Å². The van der Waals surface area contributed by atoms with Gasteiger partial charge in [0.2, 0.25) is 0 Å². The number of rotatable bonds is 15. The van der Waals surface area contributed by atoms with Gasteiger partial charge in [-0.25, -0.2) is 0 Å². The maximum atomic E-state index is 11.0. The molecule has 0 fully saturated rings. The topological polar surface area (TPSA) is 180 Å². The average Bonchev–Trinajstić information content (AvgIpc) is 2.71. The Morgan fingerprint density at radius 3 is 1.40 bits per heavy atom. The molecule has 2 rings (SSSR count). The highest BCUT2D eigenvalue weighted by Gasteiger charge is 2.13. The van der Waals surface area contributed by atoms with E-state index in [1.807, 2.05) is 31.2 Å². The smallest absolute Gasteiger partial charge is 0.0555 e. The Labute approximate surface area is 202 Å². The number of carbonyl (C=O) groups is 4. The Hall–Kier alpha value is -3.83. The predicted molar refractivity (Wildman–Crippen MR) is 113 cm³/mol. The van der Waals surface area contributed by atoms with Crippen LogP contribution in [-0.2, 0) is 45.1 Å². The zero-order chi connectivity index (χ0) is 26.0. The highest BCUT2D eigenvalue weighted by molar-refractivity contribution is 5.70. The number of aryl methyl sites for hydroxylation is 3. The summed E-state index contributed by atoms with van der Waals surface area (Å²) in [5.41, 5.74) is 3.61. The van der Waals surface area contributed by atoms with E-state index in [0.717, 1.165) is 26.5 Å². The molecule has 0 unspecified atom stereocenters. The number of carboxylic acids is 4. The third kappa shape index (κ3) is 10.8. The van der Waals surface area contributed by atoms with E-state index in [9.17, 15) is 39.6 Å². The second kappa shape index (κ2) is 13.2. The molecule has 0 radical (unpaired) electrons. The van der Waals surface area contributed by atoms with Crippen molar-refractivity contribution in [2.75, 3.05) is 26.2 Å². The third-order valence-electron chi connectivity index (χ3n) is 5.00. The number of pyridine rings is 1. The van der Waals surface area contributed by atoms with Crippen molar-refractivity contribution in [1.82, 2.24) is 14.8 Å². The average molecular weight is 483 g/mol. The number of carbonyl (C=O) groups excluding carboxylic acids is 4. The van der Waals surface area contributed by atoms with Crippen molar-refractivity contribution in [2.24, 2.45) is 0 Å². The van der Waals surface area contributed by atoms with Crippen LogP contribution in [0.4, 0.5) is 0 Å². The second-order valence-electron chi connectivity index (χ2n) is 8.22. The number of hydrogen-bond donors (Lipinski definition) is 0. The summed E-state index contributed by atoms with van der Waals surface area (Å²) in [6.45, 7) is -1.01. The van der Waals surface area contributed by atoms with E-state index in [0.29, 0.717) is 24.2 Å². The Kier molecular flexibility index (Phi) is 10.3. The van der Waals surface area contributed by atoms with E-state index in [1.165, 1.54) is 0 Å². The van der Waals surface area contributed by atoms with Crippen molar-refractivity contribution in [3.05, 3.63) is 64.5 Å². The molecule has 0 aliphatic carbocycles. The largest absolute Gasteiger partial charge is 0.549 e. The van der Waals surface area contributed by atoms with Gasteiger partial charge in [0, 0.05) is 39.3 Å². The molecule has 0 aliphatic rings. The molecule has 0 saturated carbocycles. The first-order valence-corrected chi connectivity index (χ1v) is 10.8. The quantitative estimate of drug-likeness (QED) is 0.239. The van der Waals surface area contributed by atoms with E-state index in [4.69, 9.17) is 0 Å². The van der Waals surface area contributed by atoms with Crippen LogP contribution < -0.4 is 20.4 Å². The first kappa shape index (κ1) is 27.4. The summed E-state index contributed by atoms with van der Waals surface area (Å²) >= 11 is 0. The molecule has 35 heavy (non-hydrogen) atoms. The van der Waals surface area contributed by atoms with E-state index in [-0.39, 0.29) is 13.1 Å². The molecule has 0 saturated heterocycles. The molecular weight excluding hydrogens is 458 g/mol. The lowest BCUT2D eigenvalue weighted by molar-refractivity contribution is -0.313. The molecule has 188 valence electrons. The molecule has 1 aromatic carbocycles. The molecule has 1 heterocycles. The van der Waals surface area contributed by atoms with Crippen LogP contribution in [0.5, 0.6) is 0 Å². The SMILES string of the molecule is Cc1ccc(CCc2cc(CN(CC(=O)[O-])CC(=O)[O-])nc(CN(CC(=O)[O-])CC(=O)[O-])c2)cc1. The van der Waals surface area contributed by atoms with Crippen LogP contribution in [0.25, 0.3) is 0 Å². The Bertz CT molecular complexity index is 967. The lowest BCUT2D eigenvalue weighted by Gasteiger charge is -2.25. The van der Waals surface area contributed by atoms with E-state index < -0.39 is 50.1 Å². The first-order valence-electron chi connectivity index (χ1n) is 10.8. The van der Waals surface area contributed by atoms with Gasteiger partial charge in [-0.15, -0.1) is 0 Å². The molecule has 0 spiro atoms. The number of benzene rings is 1. The minimum atomic E-state index is -1.48. The maximum Gasteiger partial charge on any atom is 0.0555 e. The molecule has 11 heteroatoms. The zero-order valence-electron chi connectivity index (χ0n) is 19.2. The third-order valence-corrected chi connectivity index (χ3v) is 5.00. The number of aliphatic carboxylic acids is 4. The molecule has 0 N–H and O–H groups in total. The monoisotopic (exact) mass is 483 g/mol. The van der Waals surface area contributed by atoms with Crippen molar-refractivity contribution in [2.45, 2.75) is 32.9 Å². The van der Waals surface area contributed by atoms with Gasteiger partial charge < -0.3 is 39.6 Å². The predicted octanol–water partition coefficient (Wildman–Crippen LogP) is -4.22. The number of carboxylic acid groups (broad SMARTS) is 4. The molecular formula is C24H25N3O8-4. The molecule has 0 bridgehead atoms. The fourth-order valence-electron chi connectivity index (χ4n) is 3.59. The summed E-state index contributed by atoms with van der Waals surface area (Å²) < 4.78 is 0. The fraction of sp³-hybridized carbons (Fsp3) is 0.375. The van der Waals surface area contributed by atoms with Crippen LogP contribution in [-0.4, -0.2) is 64.8 Å². The number of nitrogens with zero attached hydrogens (tertiary/aromatic N) is 3. The van der Waals surface area contributed by atoms with Gasteiger partial charge in [0.05, 0.1) is 35.3 Å². The first-order chi connectivity index (χ1) is 16.5. The van der Waals surface area contributed by atoms with Gasteiger partial charge in [-0.2, -0.15) is 0 Å². The summed E-state index contributed by atoms with van der Waals surface area (Å²) in [6, 6.07) is 11.3. The van der Waals surface area contributed by atoms with Gasteiger partial charge in [-0.1, -0.05) is 29.8 Å². The van der Waals surface area contributed by atoms with Crippen molar-refractivity contribution in [1.29, 1.82) is 0 Å². The van der Waals surface area contributed by atoms with E-state index >= 15 is 0 Å². The van der Waals surface area contributed by atoms with E-state index in [1.54, 1.807) is 12.1 Å². The highest BCUT2D eigenvalue weighted by atomic mass is 16.4. The van der Waals surface area contributed by atoms with Crippen molar-refractivity contribution in [3.63, 3.8) is 0 Å². The Balaban J connectivity index is 2.32. The van der Waals surface area contributed by atoms with E-state index in [2.05, 4.69) is 4.98 Å². The lowest BCUT2D eigenvalue weighted by atomic mass is 10.0. The Morgan fingerprint density at radius 2 is 1.03 bits per heavy atom. The highest BCUT2D eigenvalue weighted by Crippen LogP contribution is 2.15. The lowest BCUT2D eigenvalue weighted by Crippen LogP contribution is -2.44. The van der Waals surface area contributed by atoms with Gasteiger partial charge in [-0.3, -0.25) is 14.8 Å². The minimum Gasteiger partial charge on any atom is -0.549 e. The Morgan fingerprint density at radius 1 is 0.657 bits per heavy atom. The van der Waals surface area contributed by atoms with Crippen molar-refractivity contribution in [3.8, 4) is 0 Å². The summed E-state index contributed by atoms with van der Waals surface area (Å²) in [7, 11) is 0. The summed E-state index contributed by atoms with van der Waals surface area (Å²) in [5, 5.41) is 44.1. The maximum absolute atomic E-state index is 11.0. The summed E-state index contributed by atoms with van der Waals surface area (Å²) in [4.78, 5) is 50.6. The summed E-state index contributed by atoms with van der Waals surface area (Å²) in [6.07, 6.45) is 1.21. The van der Waals surface area contributed by atoms with Gasteiger partial charge in [-0.05, 0) is 43.0 Å². The van der Waals surface area contributed by atoms with Crippen molar-refractivity contribution < 1.29 is 39.6 Å². The molecule has 0 amide bonds. The van der Waals surface area contributed by atoms with Crippen LogP contribution in [0, 0.1) is 6.92 Å². The van der Waals surface area contributed by atoms with Gasteiger partial charge >= 0.3 is 0 Å². The molecule has 0 atom stereocenters. The van der Waals surface area contributed by atoms with Crippen LogP contribution >= 0.6 is 0 Å². The van der Waals surface area contributed by atoms with Gasteiger partial charge in [0.15, 0.2) is 0 Å². The van der Waals surface area contributed by atoms with Gasteiger partial charge in [0.1, 0.15) is 0 Å². The molecule has 1 aromatic heterocycles. The summed E-state index contributed by atoms with van der Waals surface area (Å²) in [5.74, 6) is -5.90. The molecule has 0 aliphatic heterocycles. The zero-order valence-corrected chi connectivity index (χ0v) is 19.2. The fourth-order valence-corrected chi connectivity index (χ4v) is 3.59. The standard InChI is InChI=1S/C24H29N3O8/c1-16-2-4-17(5-3-16)6-7-18-8-19(10-26(12-21(28)29)13-22(30)31)25-20(9-18)11-27(14-23(32)33)15-24(34)35/h2-5,8-9H,6-7,10-15H2,1H3,(H,28,29)(H,30,31)(H,32,33)(H,34,35)/p-4. The van der Waals surface area contributed by atoms with Crippen LogP contribution in [0.2, 0.25) is 0 Å². The number of hydrogen-bond acceptors (Lipinski definition) is 11. The normalized spacial score (nSPS) is 11.1. The molecule has 11 nitrogen and oxygen atoms in total. The van der Waals surface area contributed by atoms with Crippen LogP contribution in [0.1, 0.15) is 28.1 Å². The molecule has 2 aromatic rings.